The third kappa shape index (κ3) is 6.14. The molecule has 3 rings (SSSR count). The van der Waals surface area contributed by atoms with Gasteiger partial charge in [-0.25, -0.2) is 13.1 Å². The zero-order chi connectivity index (χ0) is 22.6. The molecule has 9 nitrogen and oxygen atoms in total. The molecule has 1 N–H and O–H groups in total. The Morgan fingerprint density at radius 2 is 1.97 bits per heavy atom. The average Bonchev–Trinajstić information content (AvgIpc) is 3.24. The number of hydrogen-bond donors (Lipinski definition) is 1. The maximum absolute atomic E-state index is 12.2. The lowest BCUT2D eigenvalue weighted by molar-refractivity contribution is -0.122. The number of carbonyl (C=O) groups excluding carboxylic acids is 1. The van der Waals surface area contributed by atoms with E-state index in [2.05, 4.69) is 29.2 Å². The lowest BCUT2D eigenvalue weighted by atomic mass is 10.2. The molecule has 1 aliphatic heterocycles. The molecule has 31 heavy (non-hydrogen) atoms. The van der Waals surface area contributed by atoms with Crippen molar-refractivity contribution in [2.24, 2.45) is 0 Å². The van der Waals surface area contributed by atoms with E-state index >= 15 is 0 Å². The van der Waals surface area contributed by atoms with Crippen LogP contribution in [-0.4, -0.2) is 73.2 Å². The van der Waals surface area contributed by atoms with Gasteiger partial charge in [0.2, 0.25) is 11.8 Å². The minimum absolute atomic E-state index is 0.00716. The number of carbonyl (C=O) groups is 1. The Labute approximate surface area is 187 Å². The van der Waals surface area contributed by atoms with E-state index in [-0.39, 0.29) is 41.5 Å². The molecule has 0 saturated carbocycles. The Hall–Kier alpha value is -2.24. The summed E-state index contributed by atoms with van der Waals surface area (Å²) in [5, 5.41) is 7.22. The van der Waals surface area contributed by atoms with Gasteiger partial charge in [-0.1, -0.05) is 0 Å². The van der Waals surface area contributed by atoms with Crippen LogP contribution in [0.5, 0.6) is 0 Å². The first-order valence-corrected chi connectivity index (χ1v) is 12.6. The van der Waals surface area contributed by atoms with Crippen LogP contribution in [0, 0.1) is 4.84 Å². The molecule has 2 heterocycles. The van der Waals surface area contributed by atoms with E-state index in [9.17, 15) is 13.2 Å². The van der Waals surface area contributed by atoms with Gasteiger partial charge in [-0.3, -0.25) is 9.69 Å². The van der Waals surface area contributed by atoms with Crippen LogP contribution < -0.4 is 10.2 Å². The van der Waals surface area contributed by atoms with Crippen LogP contribution in [0.2, 0.25) is 0 Å². The molecule has 1 aromatic heterocycles. The van der Waals surface area contributed by atoms with Gasteiger partial charge in [0.15, 0.2) is 9.84 Å². The summed E-state index contributed by atoms with van der Waals surface area (Å²) in [5.41, 5.74) is 1.95. The largest absolute Gasteiger partial charge is 0.409 e. The van der Waals surface area contributed by atoms with E-state index in [1.54, 1.807) is 11.9 Å². The lowest BCUT2D eigenvalue weighted by Gasteiger charge is -2.20. The van der Waals surface area contributed by atoms with Gasteiger partial charge in [-0.15, -0.1) is 5.10 Å². The van der Waals surface area contributed by atoms with Crippen LogP contribution in [0.15, 0.2) is 28.7 Å². The van der Waals surface area contributed by atoms with Gasteiger partial charge in [0, 0.05) is 30.4 Å². The molecule has 0 radical (unpaired) electrons. The second kappa shape index (κ2) is 9.92. The fourth-order valence-corrected chi connectivity index (χ4v) is 5.47. The number of nitrogens with one attached hydrogen (secondary N) is 1. The van der Waals surface area contributed by atoms with Gasteiger partial charge < -0.3 is 14.6 Å². The first-order valence-electron chi connectivity index (χ1n) is 10.3. The lowest BCUT2D eigenvalue weighted by Crippen LogP contribution is -2.42. The van der Waals surface area contributed by atoms with Crippen molar-refractivity contribution in [3.05, 3.63) is 29.1 Å². The SMILES string of the molecule is CCN(CC)c1ccc(-c2nn(CN(C)CC(=O)NC3CCS(=O)(=O)C3)c(=S)o2)cc1. The predicted molar refractivity (Wildman–Crippen MR) is 122 cm³/mol. The summed E-state index contributed by atoms with van der Waals surface area (Å²) in [6, 6.07) is 7.64. The van der Waals surface area contributed by atoms with E-state index in [0.717, 1.165) is 24.3 Å². The molecule has 0 bridgehead atoms. The number of aromatic nitrogens is 2. The standard InChI is InChI=1S/C20H29N5O4S2/c1-4-24(5-2)17-8-6-15(7-9-17)19-22-25(20(30)29-19)14-23(3)12-18(26)21-16-10-11-31(27,28)13-16/h6-9,16H,4-5,10-14H2,1-3H3,(H,21,26). The van der Waals surface area contributed by atoms with E-state index in [0.29, 0.717) is 12.3 Å². The maximum atomic E-state index is 12.2. The molecular formula is C20H29N5O4S2. The summed E-state index contributed by atoms with van der Waals surface area (Å²) >= 11 is 5.28. The van der Waals surface area contributed by atoms with E-state index < -0.39 is 9.84 Å². The molecule has 1 fully saturated rings. The number of hydrogen-bond acceptors (Lipinski definition) is 8. The van der Waals surface area contributed by atoms with Crippen molar-refractivity contribution >= 4 is 33.6 Å². The molecule has 0 aliphatic carbocycles. The minimum Gasteiger partial charge on any atom is -0.409 e. The van der Waals surface area contributed by atoms with Crippen molar-refractivity contribution in [3.8, 4) is 11.5 Å². The Bertz CT molecular complexity index is 1060. The highest BCUT2D eigenvalue weighted by atomic mass is 32.2. The number of likely N-dealkylation sites (N-methyl/N-ethyl adjacent to an activating group) is 1. The van der Waals surface area contributed by atoms with Crippen LogP contribution in [0.3, 0.4) is 0 Å². The number of sulfone groups is 1. The molecule has 1 saturated heterocycles. The maximum Gasteiger partial charge on any atom is 0.288 e. The molecule has 1 aromatic carbocycles. The van der Waals surface area contributed by atoms with Gasteiger partial charge in [-0.2, -0.15) is 0 Å². The minimum atomic E-state index is -3.03. The Kier molecular flexibility index (Phi) is 7.50. The summed E-state index contributed by atoms with van der Waals surface area (Å²) in [6.45, 7) is 6.47. The third-order valence-electron chi connectivity index (χ3n) is 5.24. The number of rotatable bonds is 9. The van der Waals surface area contributed by atoms with Crippen molar-refractivity contribution in [3.63, 3.8) is 0 Å². The predicted octanol–water partition coefficient (Wildman–Crippen LogP) is 1.91. The van der Waals surface area contributed by atoms with Crippen molar-refractivity contribution in [2.45, 2.75) is 33.0 Å². The highest BCUT2D eigenvalue weighted by Gasteiger charge is 2.29. The second-order valence-corrected chi connectivity index (χ2v) is 10.3. The number of anilines is 1. The molecule has 1 atom stereocenters. The van der Waals surface area contributed by atoms with Crippen molar-refractivity contribution < 1.29 is 17.6 Å². The third-order valence-corrected chi connectivity index (χ3v) is 7.30. The molecule has 2 aromatic rings. The first-order chi connectivity index (χ1) is 14.7. The monoisotopic (exact) mass is 467 g/mol. The van der Waals surface area contributed by atoms with E-state index in [4.69, 9.17) is 16.6 Å². The van der Waals surface area contributed by atoms with Crippen LogP contribution in [0.25, 0.3) is 11.5 Å². The Balaban J connectivity index is 1.59. The molecule has 11 heteroatoms. The van der Waals surface area contributed by atoms with E-state index in [1.807, 2.05) is 24.3 Å². The molecule has 1 unspecified atom stereocenters. The molecule has 1 amide bonds. The first kappa shape index (κ1) is 23.4. The molecule has 0 spiro atoms. The zero-order valence-corrected chi connectivity index (χ0v) is 19.7. The summed E-state index contributed by atoms with van der Waals surface area (Å²) in [4.78, 5) is 16.4. The van der Waals surface area contributed by atoms with Gasteiger partial charge in [0.05, 0.1) is 24.7 Å². The van der Waals surface area contributed by atoms with Crippen LogP contribution in [0.4, 0.5) is 5.69 Å². The Morgan fingerprint density at radius 1 is 1.29 bits per heavy atom. The van der Waals surface area contributed by atoms with Crippen LogP contribution >= 0.6 is 12.2 Å². The smallest absolute Gasteiger partial charge is 0.288 e. The number of amides is 1. The topological polar surface area (TPSA) is 101 Å². The summed E-state index contributed by atoms with van der Waals surface area (Å²) in [7, 11) is -1.27. The fraction of sp³-hybridized carbons (Fsp3) is 0.550. The van der Waals surface area contributed by atoms with Crippen molar-refractivity contribution in [1.82, 2.24) is 20.0 Å². The zero-order valence-electron chi connectivity index (χ0n) is 18.1. The highest BCUT2D eigenvalue weighted by Crippen LogP contribution is 2.22. The molecular weight excluding hydrogens is 438 g/mol. The summed E-state index contributed by atoms with van der Waals surface area (Å²) < 4.78 is 30.2. The molecule has 1 aliphatic rings. The van der Waals surface area contributed by atoms with Gasteiger partial charge in [0.1, 0.15) is 0 Å². The number of benzene rings is 1. The van der Waals surface area contributed by atoms with Crippen molar-refractivity contribution in [2.75, 3.05) is 43.1 Å². The van der Waals surface area contributed by atoms with Crippen molar-refractivity contribution in [1.29, 1.82) is 0 Å². The average molecular weight is 468 g/mol. The van der Waals surface area contributed by atoms with Gasteiger partial charge in [0.25, 0.3) is 4.84 Å². The van der Waals surface area contributed by atoms with E-state index in [1.165, 1.54) is 4.68 Å². The number of nitrogens with zero attached hydrogens (tertiary/aromatic N) is 4. The van der Waals surface area contributed by atoms with Gasteiger partial charge >= 0.3 is 0 Å². The highest BCUT2D eigenvalue weighted by molar-refractivity contribution is 7.91. The quantitative estimate of drug-likeness (QED) is 0.558. The fourth-order valence-electron chi connectivity index (χ4n) is 3.62. The molecule has 170 valence electrons. The Morgan fingerprint density at radius 3 is 2.55 bits per heavy atom. The van der Waals surface area contributed by atoms with Crippen LogP contribution in [-0.2, 0) is 21.3 Å². The van der Waals surface area contributed by atoms with Gasteiger partial charge in [-0.05, 0) is 63.8 Å². The normalized spacial score (nSPS) is 17.7. The summed E-state index contributed by atoms with van der Waals surface area (Å²) in [5.74, 6) is 0.324. The second-order valence-electron chi connectivity index (χ2n) is 7.71. The van der Waals surface area contributed by atoms with Crippen LogP contribution in [0.1, 0.15) is 20.3 Å². The summed E-state index contributed by atoms with van der Waals surface area (Å²) in [6.07, 6.45) is 0.461.